The summed E-state index contributed by atoms with van der Waals surface area (Å²) in [4.78, 5) is 38.3. The Bertz CT molecular complexity index is 1820. The van der Waals surface area contributed by atoms with Crippen LogP contribution in [0.15, 0.2) is 98.0 Å². The zero-order chi connectivity index (χ0) is 24.5. The van der Waals surface area contributed by atoms with Crippen LogP contribution in [0.4, 0.5) is 0 Å². The van der Waals surface area contributed by atoms with E-state index in [1.54, 1.807) is 4.57 Å². The summed E-state index contributed by atoms with van der Waals surface area (Å²) in [7, 11) is 0. The van der Waals surface area contributed by atoms with Crippen LogP contribution in [0.3, 0.4) is 0 Å². The van der Waals surface area contributed by atoms with Gasteiger partial charge in [0.15, 0.2) is 5.16 Å². The Balaban J connectivity index is 1.32. The topological polar surface area (TPSA) is 93.8 Å². The van der Waals surface area contributed by atoms with Crippen molar-refractivity contribution in [2.75, 3.05) is 0 Å². The molecule has 0 atom stereocenters. The number of hydrogen-bond donors (Lipinski definition) is 1. The first kappa shape index (κ1) is 22.3. The zero-order valence-corrected chi connectivity index (χ0v) is 20.1. The number of aryl methyl sites for hydroxylation is 1. The van der Waals surface area contributed by atoms with E-state index in [1.807, 2.05) is 66.7 Å². The molecule has 8 heteroatoms. The third-order valence-electron chi connectivity index (χ3n) is 6.13. The Morgan fingerprint density at radius 2 is 1.61 bits per heavy atom. The highest BCUT2D eigenvalue weighted by molar-refractivity contribution is 7.98. The van der Waals surface area contributed by atoms with Gasteiger partial charge in [-0.1, -0.05) is 66.4 Å². The summed E-state index contributed by atoms with van der Waals surface area (Å²) in [5.74, 6) is 0.857. The van der Waals surface area contributed by atoms with E-state index in [9.17, 15) is 9.59 Å². The Kier molecular flexibility index (Phi) is 5.87. The summed E-state index contributed by atoms with van der Waals surface area (Å²) >= 11 is 1.39. The zero-order valence-electron chi connectivity index (χ0n) is 19.3. The number of furan rings is 1. The Morgan fingerprint density at radius 1 is 0.861 bits per heavy atom. The lowest BCUT2D eigenvalue weighted by Gasteiger charge is -2.13. The van der Waals surface area contributed by atoms with Crippen molar-refractivity contribution in [1.82, 2.24) is 19.5 Å². The summed E-state index contributed by atoms with van der Waals surface area (Å²) in [6, 6.07) is 25.1. The van der Waals surface area contributed by atoms with E-state index in [0.29, 0.717) is 45.3 Å². The number of benzene rings is 3. The summed E-state index contributed by atoms with van der Waals surface area (Å²) in [6.07, 6.45) is 1.67. The monoisotopic (exact) mass is 494 g/mol. The van der Waals surface area contributed by atoms with Gasteiger partial charge in [0.25, 0.3) is 11.1 Å². The van der Waals surface area contributed by atoms with Crippen LogP contribution >= 0.6 is 11.8 Å². The maximum absolute atomic E-state index is 13.4. The molecule has 0 unspecified atom stereocenters. The predicted octanol–water partition coefficient (Wildman–Crippen LogP) is 5.30. The van der Waals surface area contributed by atoms with Crippen LogP contribution in [0.5, 0.6) is 0 Å². The average Bonchev–Trinajstić information content (AvgIpc) is 3.29. The second-order valence-electron chi connectivity index (χ2n) is 8.53. The van der Waals surface area contributed by atoms with Crippen molar-refractivity contribution in [3.05, 3.63) is 111 Å². The third-order valence-corrected chi connectivity index (χ3v) is 7.12. The lowest BCUT2D eigenvalue weighted by atomic mass is 10.1. The minimum atomic E-state index is -0.321. The second-order valence-corrected chi connectivity index (χ2v) is 9.48. The molecule has 0 aliphatic rings. The summed E-state index contributed by atoms with van der Waals surface area (Å²) in [5.41, 5.74) is 2.88. The molecule has 0 saturated carbocycles. The van der Waals surface area contributed by atoms with E-state index in [-0.39, 0.29) is 16.7 Å². The van der Waals surface area contributed by atoms with E-state index < -0.39 is 0 Å². The predicted molar refractivity (Wildman–Crippen MR) is 142 cm³/mol. The van der Waals surface area contributed by atoms with Crippen molar-refractivity contribution in [2.45, 2.75) is 30.3 Å². The van der Waals surface area contributed by atoms with Gasteiger partial charge in [0.05, 0.1) is 16.7 Å². The number of thioether (sulfide) groups is 1. The molecule has 3 heterocycles. The molecule has 6 aromatic rings. The fraction of sp³-hybridized carbons (Fsp3) is 0.143. The van der Waals surface area contributed by atoms with Gasteiger partial charge in [-0.05, 0) is 42.7 Å². The summed E-state index contributed by atoms with van der Waals surface area (Å²) < 4.78 is 7.43. The van der Waals surface area contributed by atoms with Gasteiger partial charge in [-0.2, -0.15) is 0 Å². The molecule has 36 heavy (non-hydrogen) atoms. The van der Waals surface area contributed by atoms with Crippen molar-refractivity contribution in [2.24, 2.45) is 0 Å². The number of nitrogens with one attached hydrogen (secondary N) is 1. The van der Waals surface area contributed by atoms with Crippen LogP contribution in [0, 0.1) is 0 Å². The van der Waals surface area contributed by atoms with Crippen LogP contribution in [-0.4, -0.2) is 19.5 Å². The van der Waals surface area contributed by atoms with Gasteiger partial charge in [0.1, 0.15) is 16.9 Å². The normalized spacial score (nSPS) is 11.6. The maximum Gasteiger partial charge on any atom is 0.294 e. The molecule has 1 N–H and O–H groups in total. The third kappa shape index (κ3) is 4.20. The number of H-pyrrole nitrogens is 1. The molecular weight excluding hydrogens is 472 g/mol. The highest BCUT2D eigenvalue weighted by Crippen LogP contribution is 2.26. The van der Waals surface area contributed by atoms with Crippen molar-refractivity contribution in [1.29, 1.82) is 0 Å². The average molecular weight is 495 g/mol. The lowest BCUT2D eigenvalue weighted by molar-refractivity contribution is 0.563. The molecule has 0 spiro atoms. The molecule has 0 bridgehead atoms. The summed E-state index contributed by atoms with van der Waals surface area (Å²) in [5, 5.41) is 2.00. The van der Waals surface area contributed by atoms with E-state index >= 15 is 0 Å². The quantitative estimate of drug-likeness (QED) is 0.239. The molecule has 178 valence electrons. The van der Waals surface area contributed by atoms with Crippen molar-refractivity contribution in [3.63, 3.8) is 0 Å². The minimum Gasteiger partial charge on any atom is -0.449 e. The van der Waals surface area contributed by atoms with Crippen LogP contribution in [0.2, 0.25) is 0 Å². The Hall–Kier alpha value is -4.17. The largest absolute Gasteiger partial charge is 0.449 e. The Labute approximate surface area is 209 Å². The van der Waals surface area contributed by atoms with Crippen LogP contribution < -0.4 is 11.1 Å². The van der Waals surface area contributed by atoms with Gasteiger partial charge in [-0.25, -0.2) is 9.97 Å². The number of nitrogens with zero attached hydrogens (tertiary/aromatic N) is 3. The van der Waals surface area contributed by atoms with Crippen molar-refractivity contribution >= 4 is 44.7 Å². The van der Waals surface area contributed by atoms with Gasteiger partial charge in [0.2, 0.25) is 5.58 Å². The van der Waals surface area contributed by atoms with Gasteiger partial charge in [-0.15, -0.1) is 0 Å². The molecule has 3 aromatic carbocycles. The molecule has 7 nitrogen and oxygen atoms in total. The standard InChI is InChI=1S/C28H22N4O3S/c33-26-25-24(20-13-5-7-15-22(20)35-25)30-23(31-26)17-36-28-29-21-14-6-4-12-19(21)27(34)32(28)16-8-11-18-9-2-1-3-10-18/h1-7,9-10,12-15H,8,11,16-17H2,(H,30,31,33). The summed E-state index contributed by atoms with van der Waals surface area (Å²) in [6.45, 7) is 0.545. The van der Waals surface area contributed by atoms with Crippen LogP contribution in [0.1, 0.15) is 17.8 Å². The number of rotatable bonds is 7. The van der Waals surface area contributed by atoms with E-state index in [2.05, 4.69) is 22.1 Å². The molecule has 0 radical (unpaired) electrons. The van der Waals surface area contributed by atoms with Gasteiger partial charge >= 0.3 is 0 Å². The molecule has 0 fully saturated rings. The number of hydrogen-bond acceptors (Lipinski definition) is 6. The highest BCUT2D eigenvalue weighted by Gasteiger charge is 2.15. The van der Waals surface area contributed by atoms with Crippen molar-refractivity contribution < 1.29 is 4.42 Å². The first-order valence-electron chi connectivity index (χ1n) is 11.7. The smallest absolute Gasteiger partial charge is 0.294 e. The number of aromatic nitrogens is 4. The first-order valence-corrected chi connectivity index (χ1v) is 12.7. The highest BCUT2D eigenvalue weighted by atomic mass is 32.2. The van der Waals surface area contributed by atoms with Gasteiger partial charge in [0, 0.05) is 11.9 Å². The van der Waals surface area contributed by atoms with Crippen LogP contribution in [0.25, 0.3) is 33.0 Å². The van der Waals surface area contributed by atoms with E-state index in [1.165, 1.54) is 17.3 Å². The SMILES string of the molecule is O=c1[nH]c(CSc2nc3ccccc3c(=O)n2CCCc2ccccc2)nc2c1oc1ccccc12. The number of fused-ring (bicyclic) bond motifs is 4. The Morgan fingerprint density at radius 3 is 2.47 bits per heavy atom. The first-order chi connectivity index (χ1) is 17.7. The van der Waals surface area contributed by atoms with E-state index in [0.717, 1.165) is 18.2 Å². The fourth-order valence-electron chi connectivity index (χ4n) is 4.39. The van der Waals surface area contributed by atoms with Gasteiger partial charge < -0.3 is 9.40 Å². The molecular formula is C28H22N4O3S. The van der Waals surface area contributed by atoms with Crippen molar-refractivity contribution in [3.8, 4) is 0 Å². The molecule has 0 saturated heterocycles. The number of para-hydroxylation sites is 2. The molecule has 6 rings (SSSR count). The van der Waals surface area contributed by atoms with E-state index in [4.69, 9.17) is 9.40 Å². The second kappa shape index (κ2) is 9.47. The molecule has 3 aromatic heterocycles. The fourth-order valence-corrected chi connectivity index (χ4v) is 5.29. The lowest BCUT2D eigenvalue weighted by Crippen LogP contribution is -2.24. The minimum absolute atomic E-state index is 0.0612. The van der Waals surface area contributed by atoms with Gasteiger partial charge in [-0.3, -0.25) is 14.2 Å². The number of aromatic amines is 1. The molecule has 0 amide bonds. The molecule has 0 aliphatic carbocycles. The van der Waals surface area contributed by atoms with Crippen LogP contribution in [-0.2, 0) is 18.7 Å². The maximum atomic E-state index is 13.4. The molecule has 0 aliphatic heterocycles.